The molecule has 0 bridgehead atoms. The Hall–Kier alpha value is -0.0800. The third kappa shape index (κ3) is 11.8. The highest BCUT2D eigenvalue weighted by atomic mass is 16.5. The lowest BCUT2D eigenvalue weighted by molar-refractivity contribution is 0.0975. The molecule has 0 heterocycles. The lowest BCUT2D eigenvalue weighted by Gasteiger charge is -2.11. The zero-order chi connectivity index (χ0) is 11.4. The molecule has 0 spiro atoms. The monoisotopic (exact) mass is 216 g/mol. The van der Waals surface area contributed by atoms with Crippen LogP contribution in [-0.4, -0.2) is 24.9 Å². The van der Waals surface area contributed by atoms with Crippen LogP contribution in [0, 0.1) is 5.92 Å². The molecular weight excluding hydrogens is 188 g/mol. The molecule has 0 aliphatic rings. The van der Waals surface area contributed by atoms with Gasteiger partial charge in [-0.25, -0.2) is 0 Å². The fourth-order valence-corrected chi connectivity index (χ4v) is 1.59. The van der Waals surface area contributed by atoms with E-state index in [0.29, 0.717) is 12.5 Å². The summed E-state index contributed by atoms with van der Waals surface area (Å²) in [5, 5.41) is 8.59. The lowest BCUT2D eigenvalue weighted by Crippen LogP contribution is -2.06. The van der Waals surface area contributed by atoms with Crippen LogP contribution in [0.2, 0.25) is 0 Å². The topological polar surface area (TPSA) is 29.5 Å². The van der Waals surface area contributed by atoms with Crippen molar-refractivity contribution in [3.05, 3.63) is 0 Å². The molecule has 2 nitrogen and oxygen atoms in total. The largest absolute Gasteiger partial charge is 0.396 e. The minimum atomic E-state index is 0.328. The molecule has 1 unspecified atom stereocenters. The summed E-state index contributed by atoms with van der Waals surface area (Å²) in [4.78, 5) is 0. The van der Waals surface area contributed by atoms with Crippen molar-refractivity contribution in [2.45, 2.75) is 58.8 Å². The predicted molar refractivity (Wildman–Crippen MR) is 65.1 cm³/mol. The highest BCUT2D eigenvalue weighted by Crippen LogP contribution is 2.08. The van der Waals surface area contributed by atoms with E-state index >= 15 is 0 Å². The standard InChI is InChI=1S/C13H28O2/c1-3-4-9-13(2)12-15-11-8-6-5-7-10-14/h13-14H,3-12H2,1-2H3. The first-order valence-electron chi connectivity index (χ1n) is 6.49. The van der Waals surface area contributed by atoms with Crippen LogP contribution >= 0.6 is 0 Å². The van der Waals surface area contributed by atoms with Crippen LogP contribution in [0.3, 0.4) is 0 Å². The van der Waals surface area contributed by atoms with Gasteiger partial charge in [-0.2, -0.15) is 0 Å². The summed E-state index contributed by atoms with van der Waals surface area (Å²) in [5.41, 5.74) is 0. The normalized spacial score (nSPS) is 13.0. The van der Waals surface area contributed by atoms with Crippen molar-refractivity contribution in [1.29, 1.82) is 0 Å². The Bertz CT molecular complexity index is 115. The third-order valence-electron chi connectivity index (χ3n) is 2.65. The van der Waals surface area contributed by atoms with Gasteiger partial charge in [-0.1, -0.05) is 39.5 Å². The minimum Gasteiger partial charge on any atom is -0.396 e. The van der Waals surface area contributed by atoms with E-state index in [9.17, 15) is 0 Å². The summed E-state index contributed by atoms with van der Waals surface area (Å²) in [6.45, 7) is 6.63. The predicted octanol–water partition coefficient (Wildman–Crippen LogP) is 3.38. The molecule has 1 atom stereocenters. The Morgan fingerprint density at radius 3 is 2.47 bits per heavy atom. The van der Waals surface area contributed by atoms with Crippen molar-refractivity contribution >= 4 is 0 Å². The van der Waals surface area contributed by atoms with E-state index < -0.39 is 0 Å². The molecule has 0 aromatic heterocycles. The average molecular weight is 216 g/mol. The van der Waals surface area contributed by atoms with Crippen LogP contribution in [0.1, 0.15) is 58.8 Å². The van der Waals surface area contributed by atoms with Gasteiger partial charge in [0.1, 0.15) is 0 Å². The number of aliphatic hydroxyl groups excluding tert-OH is 1. The maximum Gasteiger partial charge on any atom is 0.0491 e. The van der Waals surface area contributed by atoms with Gasteiger partial charge in [0.15, 0.2) is 0 Å². The average Bonchev–Trinajstić information content (AvgIpc) is 2.25. The van der Waals surface area contributed by atoms with E-state index in [1.54, 1.807) is 0 Å². The Morgan fingerprint density at radius 2 is 1.80 bits per heavy atom. The molecule has 0 aliphatic heterocycles. The van der Waals surface area contributed by atoms with Gasteiger partial charge in [0.2, 0.25) is 0 Å². The minimum absolute atomic E-state index is 0.328. The lowest BCUT2D eigenvalue weighted by atomic mass is 10.1. The van der Waals surface area contributed by atoms with Crippen molar-refractivity contribution < 1.29 is 9.84 Å². The molecular formula is C13H28O2. The summed E-state index contributed by atoms with van der Waals surface area (Å²) >= 11 is 0. The molecule has 1 N–H and O–H groups in total. The summed E-state index contributed by atoms with van der Waals surface area (Å²) in [7, 11) is 0. The number of ether oxygens (including phenoxy) is 1. The molecule has 0 saturated heterocycles. The van der Waals surface area contributed by atoms with Gasteiger partial charge in [-0.05, 0) is 25.2 Å². The van der Waals surface area contributed by atoms with Crippen LogP contribution in [-0.2, 0) is 4.74 Å². The second kappa shape index (κ2) is 12.0. The molecule has 0 rings (SSSR count). The zero-order valence-corrected chi connectivity index (χ0v) is 10.5. The zero-order valence-electron chi connectivity index (χ0n) is 10.5. The van der Waals surface area contributed by atoms with Gasteiger partial charge in [0, 0.05) is 19.8 Å². The maximum atomic E-state index is 8.59. The van der Waals surface area contributed by atoms with Crippen LogP contribution in [0.4, 0.5) is 0 Å². The van der Waals surface area contributed by atoms with Gasteiger partial charge in [-0.15, -0.1) is 0 Å². The van der Waals surface area contributed by atoms with Gasteiger partial charge in [-0.3, -0.25) is 0 Å². The van der Waals surface area contributed by atoms with E-state index in [-0.39, 0.29) is 0 Å². The third-order valence-corrected chi connectivity index (χ3v) is 2.65. The molecule has 0 radical (unpaired) electrons. The van der Waals surface area contributed by atoms with E-state index in [0.717, 1.165) is 32.5 Å². The number of hydrogen-bond donors (Lipinski definition) is 1. The van der Waals surface area contributed by atoms with Crippen molar-refractivity contribution in [1.82, 2.24) is 0 Å². The summed E-state index contributed by atoms with van der Waals surface area (Å²) in [6.07, 6.45) is 8.29. The first-order valence-corrected chi connectivity index (χ1v) is 6.49. The quantitative estimate of drug-likeness (QED) is 0.536. The van der Waals surface area contributed by atoms with Crippen molar-refractivity contribution in [3.8, 4) is 0 Å². The van der Waals surface area contributed by atoms with Crippen LogP contribution in [0.5, 0.6) is 0 Å². The van der Waals surface area contributed by atoms with E-state index in [1.807, 2.05) is 0 Å². The van der Waals surface area contributed by atoms with Crippen LogP contribution in [0.25, 0.3) is 0 Å². The molecule has 15 heavy (non-hydrogen) atoms. The fraction of sp³-hybridized carbons (Fsp3) is 1.00. The highest BCUT2D eigenvalue weighted by molar-refractivity contribution is 4.51. The molecule has 0 aliphatic carbocycles. The van der Waals surface area contributed by atoms with Gasteiger partial charge in [0.05, 0.1) is 0 Å². The van der Waals surface area contributed by atoms with Gasteiger partial charge < -0.3 is 9.84 Å². The van der Waals surface area contributed by atoms with Gasteiger partial charge >= 0.3 is 0 Å². The molecule has 0 aromatic rings. The molecule has 92 valence electrons. The van der Waals surface area contributed by atoms with Gasteiger partial charge in [0.25, 0.3) is 0 Å². The summed E-state index contributed by atoms with van der Waals surface area (Å²) < 4.78 is 5.61. The van der Waals surface area contributed by atoms with Crippen molar-refractivity contribution in [2.24, 2.45) is 5.92 Å². The Balaban J connectivity index is 3.02. The van der Waals surface area contributed by atoms with Crippen LogP contribution in [0.15, 0.2) is 0 Å². The Morgan fingerprint density at radius 1 is 1.07 bits per heavy atom. The summed E-state index contributed by atoms with van der Waals surface area (Å²) in [5.74, 6) is 0.711. The number of rotatable bonds is 11. The van der Waals surface area contributed by atoms with E-state index in [4.69, 9.17) is 9.84 Å². The highest BCUT2D eigenvalue weighted by Gasteiger charge is 2.00. The van der Waals surface area contributed by atoms with Crippen molar-refractivity contribution in [3.63, 3.8) is 0 Å². The molecule has 0 fully saturated rings. The number of unbranched alkanes of at least 4 members (excludes halogenated alkanes) is 4. The maximum absolute atomic E-state index is 8.59. The van der Waals surface area contributed by atoms with E-state index in [1.165, 1.54) is 25.7 Å². The molecule has 0 amide bonds. The molecule has 2 heteroatoms. The number of aliphatic hydroxyl groups is 1. The molecule has 0 aromatic carbocycles. The Labute approximate surface area is 95.0 Å². The summed E-state index contributed by atoms with van der Waals surface area (Å²) in [6, 6.07) is 0. The SMILES string of the molecule is CCCCC(C)COCCCCCCO. The number of hydrogen-bond acceptors (Lipinski definition) is 2. The van der Waals surface area contributed by atoms with Crippen LogP contribution < -0.4 is 0 Å². The van der Waals surface area contributed by atoms with E-state index in [2.05, 4.69) is 13.8 Å². The second-order valence-corrected chi connectivity index (χ2v) is 4.46. The second-order valence-electron chi connectivity index (χ2n) is 4.46. The fourth-order valence-electron chi connectivity index (χ4n) is 1.59. The smallest absolute Gasteiger partial charge is 0.0491 e. The molecule has 0 saturated carbocycles. The first-order chi connectivity index (χ1) is 7.31. The van der Waals surface area contributed by atoms with Crippen molar-refractivity contribution in [2.75, 3.05) is 19.8 Å². The Kier molecular flexibility index (Phi) is 11.9. The first kappa shape index (κ1) is 14.9.